The monoisotopic (exact) mass is 373 g/mol. The Balaban J connectivity index is 2.18. The lowest BCUT2D eigenvalue weighted by Crippen LogP contribution is -2.23. The van der Waals surface area contributed by atoms with Crippen molar-refractivity contribution in [1.29, 1.82) is 0 Å². The molecule has 0 bridgehead atoms. The quantitative estimate of drug-likeness (QED) is 0.839. The van der Waals surface area contributed by atoms with Crippen molar-refractivity contribution in [3.8, 4) is 0 Å². The first kappa shape index (κ1) is 15.7. The van der Waals surface area contributed by atoms with Crippen molar-refractivity contribution in [3.63, 3.8) is 0 Å². The van der Waals surface area contributed by atoms with Crippen LogP contribution in [-0.4, -0.2) is 19.5 Å². The highest BCUT2D eigenvalue weighted by Crippen LogP contribution is 2.21. The SMILES string of the molecule is Cc1oc(CNS(=O)(=O)c2ccccc2Br)cc1C(=O)O. The molecule has 2 N–H and O–H groups in total. The number of nitrogens with one attached hydrogen (secondary N) is 1. The molecule has 6 nitrogen and oxygen atoms in total. The minimum atomic E-state index is -3.72. The van der Waals surface area contributed by atoms with Gasteiger partial charge in [0.1, 0.15) is 17.1 Å². The van der Waals surface area contributed by atoms with E-state index in [9.17, 15) is 13.2 Å². The zero-order valence-electron chi connectivity index (χ0n) is 11.0. The molecule has 21 heavy (non-hydrogen) atoms. The molecule has 0 amide bonds. The molecule has 1 heterocycles. The second-order valence-electron chi connectivity index (χ2n) is 4.24. The molecule has 0 saturated heterocycles. The molecule has 0 aliphatic heterocycles. The van der Waals surface area contributed by atoms with E-state index in [0.29, 0.717) is 4.47 Å². The first-order valence-electron chi connectivity index (χ1n) is 5.88. The number of carboxylic acid groups (broad SMARTS) is 1. The topological polar surface area (TPSA) is 96.6 Å². The van der Waals surface area contributed by atoms with Gasteiger partial charge in [0.15, 0.2) is 0 Å². The van der Waals surface area contributed by atoms with Crippen LogP contribution in [0.25, 0.3) is 0 Å². The third-order valence-electron chi connectivity index (χ3n) is 2.76. The van der Waals surface area contributed by atoms with E-state index >= 15 is 0 Å². The maximum Gasteiger partial charge on any atom is 0.339 e. The molecule has 8 heteroatoms. The fraction of sp³-hybridized carbons (Fsp3) is 0.154. The number of halogens is 1. The van der Waals surface area contributed by atoms with E-state index in [1.54, 1.807) is 18.2 Å². The van der Waals surface area contributed by atoms with E-state index in [4.69, 9.17) is 9.52 Å². The lowest BCUT2D eigenvalue weighted by atomic mass is 10.2. The summed E-state index contributed by atoms with van der Waals surface area (Å²) in [7, 11) is -3.72. The third-order valence-corrected chi connectivity index (χ3v) is 5.18. The van der Waals surface area contributed by atoms with Crippen molar-refractivity contribution in [3.05, 3.63) is 51.9 Å². The Labute approximate surface area is 130 Å². The largest absolute Gasteiger partial charge is 0.478 e. The second-order valence-corrected chi connectivity index (χ2v) is 6.83. The van der Waals surface area contributed by atoms with Gasteiger partial charge in [-0.2, -0.15) is 0 Å². The highest BCUT2D eigenvalue weighted by Gasteiger charge is 2.19. The molecule has 0 atom stereocenters. The molecule has 0 unspecified atom stereocenters. The Morgan fingerprint density at radius 3 is 2.62 bits per heavy atom. The molecule has 0 aliphatic carbocycles. The first-order chi connectivity index (χ1) is 9.81. The molecule has 2 rings (SSSR count). The normalized spacial score (nSPS) is 11.5. The van der Waals surface area contributed by atoms with Crippen LogP contribution >= 0.6 is 15.9 Å². The molecule has 2 aromatic rings. The maximum absolute atomic E-state index is 12.2. The summed E-state index contributed by atoms with van der Waals surface area (Å²) >= 11 is 3.17. The lowest BCUT2D eigenvalue weighted by Gasteiger charge is -2.06. The van der Waals surface area contributed by atoms with Crippen molar-refractivity contribution in [2.24, 2.45) is 0 Å². The average molecular weight is 374 g/mol. The number of furan rings is 1. The van der Waals surface area contributed by atoms with Crippen molar-refractivity contribution in [2.45, 2.75) is 18.4 Å². The van der Waals surface area contributed by atoms with Crippen molar-refractivity contribution >= 4 is 31.9 Å². The summed E-state index contributed by atoms with van der Waals surface area (Å²) in [6.07, 6.45) is 0. The zero-order valence-corrected chi connectivity index (χ0v) is 13.4. The van der Waals surface area contributed by atoms with Crippen LogP contribution in [0.3, 0.4) is 0 Å². The summed E-state index contributed by atoms with van der Waals surface area (Å²) in [5.41, 5.74) is 0.0186. The Kier molecular flexibility index (Phi) is 4.50. The smallest absolute Gasteiger partial charge is 0.339 e. The van der Waals surface area contributed by atoms with Crippen LogP contribution in [0.5, 0.6) is 0 Å². The highest BCUT2D eigenvalue weighted by atomic mass is 79.9. The number of aryl methyl sites for hydroxylation is 1. The molecule has 0 saturated carbocycles. The van der Waals surface area contributed by atoms with Gasteiger partial charge in [0.05, 0.1) is 11.4 Å². The van der Waals surface area contributed by atoms with Crippen LogP contribution in [0.4, 0.5) is 0 Å². The van der Waals surface area contributed by atoms with Gasteiger partial charge < -0.3 is 9.52 Å². The van der Waals surface area contributed by atoms with Gasteiger partial charge in [-0.05, 0) is 41.1 Å². The van der Waals surface area contributed by atoms with Gasteiger partial charge in [-0.1, -0.05) is 12.1 Å². The van der Waals surface area contributed by atoms with Crippen molar-refractivity contribution in [2.75, 3.05) is 0 Å². The summed E-state index contributed by atoms with van der Waals surface area (Å²) in [4.78, 5) is 11.0. The average Bonchev–Trinajstić information content (AvgIpc) is 2.78. The molecule has 1 aromatic carbocycles. The molecule has 0 fully saturated rings. The van der Waals surface area contributed by atoms with Crippen LogP contribution in [0.2, 0.25) is 0 Å². The Morgan fingerprint density at radius 1 is 1.38 bits per heavy atom. The summed E-state index contributed by atoms with van der Waals surface area (Å²) < 4.78 is 32.3. The minimum Gasteiger partial charge on any atom is -0.478 e. The minimum absolute atomic E-state index is 0.0186. The predicted molar refractivity (Wildman–Crippen MR) is 78.6 cm³/mol. The Morgan fingerprint density at radius 2 is 2.05 bits per heavy atom. The highest BCUT2D eigenvalue weighted by molar-refractivity contribution is 9.10. The molecule has 1 aromatic heterocycles. The van der Waals surface area contributed by atoms with Crippen molar-refractivity contribution in [1.82, 2.24) is 4.72 Å². The number of carboxylic acids is 1. The molecule has 0 aliphatic rings. The lowest BCUT2D eigenvalue weighted by molar-refractivity contribution is 0.0695. The zero-order chi connectivity index (χ0) is 15.6. The summed E-state index contributed by atoms with van der Waals surface area (Å²) in [5, 5.41) is 8.92. The van der Waals surface area contributed by atoms with E-state index in [-0.39, 0.29) is 28.5 Å². The van der Waals surface area contributed by atoms with Gasteiger partial charge in [0, 0.05) is 4.47 Å². The molecular formula is C13H12BrNO5S. The van der Waals surface area contributed by atoms with E-state index in [2.05, 4.69) is 20.7 Å². The number of benzene rings is 1. The van der Waals surface area contributed by atoms with E-state index in [1.807, 2.05) is 0 Å². The van der Waals surface area contributed by atoms with Crippen LogP contribution in [-0.2, 0) is 16.6 Å². The third kappa shape index (κ3) is 3.52. The number of sulfonamides is 1. The maximum atomic E-state index is 12.2. The standard InChI is InChI=1S/C13H12BrNO5S/c1-8-10(13(16)17)6-9(20-8)7-15-21(18,19)12-5-3-2-4-11(12)14/h2-6,15H,7H2,1H3,(H,16,17). The first-order valence-corrected chi connectivity index (χ1v) is 8.15. The van der Waals surface area contributed by atoms with E-state index in [1.165, 1.54) is 19.1 Å². The van der Waals surface area contributed by atoms with Crippen LogP contribution in [0, 0.1) is 6.92 Å². The van der Waals surface area contributed by atoms with Gasteiger partial charge in [-0.25, -0.2) is 17.9 Å². The fourth-order valence-electron chi connectivity index (χ4n) is 1.75. The number of carbonyl (C=O) groups is 1. The summed E-state index contributed by atoms with van der Waals surface area (Å²) in [6.45, 7) is 1.38. The number of aromatic carboxylic acids is 1. The van der Waals surface area contributed by atoms with E-state index < -0.39 is 16.0 Å². The number of hydrogen-bond donors (Lipinski definition) is 2. The fourth-order valence-corrected chi connectivity index (χ4v) is 3.74. The van der Waals surface area contributed by atoms with Gasteiger partial charge in [-0.3, -0.25) is 0 Å². The Hall–Kier alpha value is -1.64. The second kappa shape index (κ2) is 6.00. The van der Waals surface area contributed by atoms with Crippen LogP contribution < -0.4 is 4.72 Å². The van der Waals surface area contributed by atoms with E-state index in [0.717, 1.165) is 0 Å². The summed E-state index contributed by atoms with van der Waals surface area (Å²) in [5.74, 6) is -0.644. The number of hydrogen-bond acceptors (Lipinski definition) is 4. The van der Waals surface area contributed by atoms with Gasteiger partial charge in [0.2, 0.25) is 10.0 Å². The van der Waals surface area contributed by atoms with Crippen molar-refractivity contribution < 1.29 is 22.7 Å². The van der Waals surface area contributed by atoms with Crippen LogP contribution in [0.1, 0.15) is 21.9 Å². The predicted octanol–water partition coefficient (Wildman–Crippen LogP) is 2.53. The summed E-state index contributed by atoms with van der Waals surface area (Å²) in [6, 6.07) is 7.70. The molecular weight excluding hydrogens is 362 g/mol. The molecule has 0 radical (unpaired) electrons. The molecule has 0 spiro atoms. The van der Waals surface area contributed by atoms with Crippen LogP contribution in [0.15, 0.2) is 44.1 Å². The Bertz CT molecular complexity index is 782. The number of rotatable bonds is 5. The van der Waals surface area contributed by atoms with Gasteiger partial charge in [0.25, 0.3) is 0 Å². The van der Waals surface area contributed by atoms with Gasteiger partial charge in [-0.15, -0.1) is 0 Å². The molecule has 112 valence electrons. The van der Waals surface area contributed by atoms with Gasteiger partial charge >= 0.3 is 5.97 Å².